The first-order chi connectivity index (χ1) is 10.3. The summed E-state index contributed by atoms with van der Waals surface area (Å²) in [6.07, 6.45) is 0. The van der Waals surface area contributed by atoms with Crippen LogP contribution in [-0.2, 0) is 16.4 Å². The Morgan fingerprint density at radius 2 is 1.55 bits per heavy atom. The number of rotatable bonds is 1. The van der Waals surface area contributed by atoms with Gasteiger partial charge in [0.2, 0.25) is 0 Å². The molecule has 1 aliphatic rings. The molecular weight excluding hydrogens is 292 g/mol. The molecule has 0 fully saturated rings. The number of ether oxygens (including phenoxy) is 1. The highest BCUT2D eigenvalue weighted by Gasteiger charge is 2.59. The fraction of sp³-hybridized carbons (Fsp3) is 0.133. The molecule has 1 heterocycles. The monoisotopic (exact) mass is 304 g/mol. The van der Waals surface area contributed by atoms with Gasteiger partial charge in [0.1, 0.15) is 11.3 Å². The van der Waals surface area contributed by atoms with Gasteiger partial charge in [0.15, 0.2) is 11.5 Å². The van der Waals surface area contributed by atoms with Crippen LogP contribution in [0.1, 0.15) is 11.1 Å². The van der Waals surface area contributed by atoms with Crippen LogP contribution in [0.3, 0.4) is 0 Å². The molecule has 7 heteroatoms. The van der Waals surface area contributed by atoms with Gasteiger partial charge >= 0.3 is 5.79 Å². The van der Waals surface area contributed by atoms with E-state index < -0.39 is 34.4 Å². The van der Waals surface area contributed by atoms with Crippen molar-refractivity contribution in [3.8, 4) is 17.2 Å². The van der Waals surface area contributed by atoms with Crippen LogP contribution in [-0.4, -0.2) is 31.3 Å². The second-order valence-corrected chi connectivity index (χ2v) is 4.92. The number of Topliss-reactive ketones (excluding diaryl/α,β-unsaturated/α-hetero) is 1. The first kappa shape index (κ1) is 14.3. The summed E-state index contributed by atoms with van der Waals surface area (Å²) in [5, 5.41) is 49.9. The lowest BCUT2D eigenvalue weighted by molar-refractivity contribution is -0.243. The predicted octanol–water partition coefficient (Wildman–Crippen LogP) is 0.0420. The number of benzene rings is 2. The van der Waals surface area contributed by atoms with E-state index in [1.807, 2.05) is 0 Å². The van der Waals surface area contributed by atoms with Crippen LogP contribution < -0.4 is 4.74 Å². The van der Waals surface area contributed by atoms with E-state index in [0.29, 0.717) is 0 Å². The summed E-state index contributed by atoms with van der Waals surface area (Å²) in [6, 6.07) is 9.59. The smallest absolute Gasteiger partial charge is 0.301 e. The summed E-state index contributed by atoms with van der Waals surface area (Å²) in [4.78, 5) is 12.3. The van der Waals surface area contributed by atoms with Crippen molar-refractivity contribution in [3.05, 3.63) is 53.6 Å². The first-order valence-corrected chi connectivity index (χ1v) is 6.30. The topological polar surface area (TPSA) is 127 Å². The normalized spacial score (nSPS) is 22.8. The third-order valence-corrected chi connectivity index (χ3v) is 3.51. The number of carbonyl (C=O) groups excluding carboxylic acids is 1. The maximum Gasteiger partial charge on any atom is 0.301 e. The molecule has 0 radical (unpaired) electrons. The predicted molar refractivity (Wildman–Crippen MR) is 71.9 cm³/mol. The van der Waals surface area contributed by atoms with E-state index >= 15 is 0 Å². The molecule has 1 unspecified atom stereocenters. The lowest BCUT2D eigenvalue weighted by Crippen LogP contribution is -2.56. The fourth-order valence-electron chi connectivity index (χ4n) is 2.39. The maximum absolute atomic E-state index is 12.3. The van der Waals surface area contributed by atoms with E-state index in [1.165, 1.54) is 24.3 Å². The Morgan fingerprint density at radius 1 is 0.909 bits per heavy atom. The zero-order chi connectivity index (χ0) is 16.1. The Bertz CT molecular complexity index is 754. The van der Waals surface area contributed by atoms with Gasteiger partial charge < -0.3 is 30.3 Å². The summed E-state index contributed by atoms with van der Waals surface area (Å²) >= 11 is 0. The van der Waals surface area contributed by atoms with Crippen LogP contribution in [0, 0.1) is 0 Å². The molecule has 0 aliphatic carbocycles. The maximum atomic E-state index is 12.3. The van der Waals surface area contributed by atoms with Gasteiger partial charge in [-0.15, -0.1) is 0 Å². The summed E-state index contributed by atoms with van der Waals surface area (Å²) in [5.41, 5.74) is -0.733. The van der Waals surface area contributed by atoms with Gasteiger partial charge in [-0.3, -0.25) is 4.79 Å². The standard InChI is InChI=1S/C15H12O7/c16-9-6-7-10-11(12(9)17)14(19,20)13(18)15(21,22-10)8-4-2-1-3-5-8/h1-7,16-17,19-21H. The zero-order valence-electron chi connectivity index (χ0n) is 11.1. The molecule has 0 bridgehead atoms. The quantitative estimate of drug-likeness (QED) is 0.372. The molecule has 22 heavy (non-hydrogen) atoms. The molecule has 7 nitrogen and oxygen atoms in total. The van der Waals surface area contributed by atoms with Crippen molar-refractivity contribution < 1.29 is 35.1 Å². The van der Waals surface area contributed by atoms with Gasteiger partial charge in [-0.05, 0) is 12.1 Å². The van der Waals surface area contributed by atoms with E-state index in [4.69, 9.17) is 4.74 Å². The third-order valence-electron chi connectivity index (χ3n) is 3.51. The lowest BCUT2D eigenvalue weighted by atomic mass is 9.87. The van der Waals surface area contributed by atoms with Crippen LogP contribution in [0.25, 0.3) is 0 Å². The number of carbonyl (C=O) groups is 1. The number of aliphatic hydroxyl groups is 3. The van der Waals surface area contributed by atoms with Crippen molar-refractivity contribution in [3.63, 3.8) is 0 Å². The van der Waals surface area contributed by atoms with Crippen molar-refractivity contribution >= 4 is 5.78 Å². The minimum absolute atomic E-state index is 0.00862. The van der Waals surface area contributed by atoms with E-state index in [-0.39, 0.29) is 11.3 Å². The van der Waals surface area contributed by atoms with E-state index in [9.17, 15) is 30.3 Å². The zero-order valence-corrected chi connectivity index (χ0v) is 11.1. The number of fused-ring (bicyclic) bond motifs is 1. The Labute approximate surface area is 124 Å². The van der Waals surface area contributed by atoms with Crippen LogP contribution in [0.5, 0.6) is 17.2 Å². The van der Waals surface area contributed by atoms with Gasteiger partial charge in [-0.25, -0.2) is 0 Å². The minimum Gasteiger partial charge on any atom is -0.504 e. The lowest BCUT2D eigenvalue weighted by Gasteiger charge is -2.39. The summed E-state index contributed by atoms with van der Waals surface area (Å²) in [5.74, 6) is -9.29. The average Bonchev–Trinajstić information content (AvgIpc) is 2.49. The van der Waals surface area contributed by atoms with Crippen molar-refractivity contribution in [1.82, 2.24) is 0 Å². The highest BCUT2D eigenvalue weighted by molar-refractivity contribution is 5.96. The third kappa shape index (κ3) is 1.77. The van der Waals surface area contributed by atoms with Gasteiger partial charge in [0.25, 0.3) is 11.6 Å². The van der Waals surface area contributed by atoms with Crippen molar-refractivity contribution in [1.29, 1.82) is 0 Å². The van der Waals surface area contributed by atoms with Crippen molar-refractivity contribution in [2.45, 2.75) is 11.6 Å². The van der Waals surface area contributed by atoms with Crippen LogP contribution >= 0.6 is 0 Å². The van der Waals surface area contributed by atoms with Crippen LogP contribution in [0.4, 0.5) is 0 Å². The molecule has 0 saturated heterocycles. The molecule has 1 aliphatic heterocycles. The molecule has 2 aromatic carbocycles. The largest absolute Gasteiger partial charge is 0.504 e. The van der Waals surface area contributed by atoms with E-state index in [2.05, 4.69) is 0 Å². The summed E-state index contributed by atoms with van der Waals surface area (Å²) in [6.45, 7) is 0. The fourth-order valence-corrected chi connectivity index (χ4v) is 2.39. The van der Waals surface area contributed by atoms with Gasteiger partial charge in [-0.2, -0.15) is 0 Å². The molecule has 1 atom stereocenters. The molecule has 0 amide bonds. The minimum atomic E-state index is -3.24. The highest BCUT2D eigenvalue weighted by atomic mass is 16.6. The molecule has 0 spiro atoms. The number of aromatic hydroxyl groups is 2. The number of hydrogen-bond donors (Lipinski definition) is 5. The van der Waals surface area contributed by atoms with E-state index in [0.717, 1.165) is 12.1 Å². The molecule has 5 N–H and O–H groups in total. The Morgan fingerprint density at radius 3 is 2.18 bits per heavy atom. The summed E-state index contributed by atoms with van der Waals surface area (Å²) in [7, 11) is 0. The van der Waals surface area contributed by atoms with Gasteiger partial charge in [0.05, 0.1) is 0 Å². The SMILES string of the molecule is O=C1C(O)(O)c2c(ccc(O)c2O)OC1(O)c1ccccc1. The number of hydrogen-bond acceptors (Lipinski definition) is 7. The van der Waals surface area contributed by atoms with Crippen molar-refractivity contribution in [2.24, 2.45) is 0 Å². The number of phenols is 2. The molecular formula is C15H12O7. The van der Waals surface area contributed by atoms with Crippen LogP contribution in [0.2, 0.25) is 0 Å². The molecule has 0 saturated carbocycles. The second kappa shape index (κ2) is 4.44. The Hall–Kier alpha value is -2.61. The molecule has 3 rings (SSSR count). The van der Waals surface area contributed by atoms with Crippen molar-refractivity contribution in [2.75, 3.05) is 0 Å². The Kier molecular flexibility index (Phi) is 2.89. The molecule has 0 aromatic heterocycles. The molecule has 2 aromatic rings. The van der Waals surface area contributed by atoms with Gasteiger partial charge in [-0.1, -0.05) is 30.3 Å². The van der Waals surface area contributed by atoms with Gasteiger partial charge in [0, 0.05) is 5.56 Å². The van der Waals surface area contributed by atoms with E-state index in [1.54, 1.807) is 6.07 Å². The number of ketones is 1. The first-order valence-electron chi connectivity index (χ1n) is 6.30. The highest BCUT2D eigenvalue weighted by Crippen LogP contribution is 2.49. The average molecular weight is 304 g/mol. The number of phenolic OH excluding ortho intramolecular Hbond substituents is 2. The molecule has 114 valence electrons. The summed E-state index contributed by atoms with van der Waals surface area (Å²) < 4.78 is 5.20. The van der Waals surface area contributed by atoms with Crippen LogP contribution in [0.15, 0.2) is 42.5 Å². The Balaban J connectivity index is 2.25. The second-order valence-electron chi connectivity index (χ2n) is 4.92.